The largest absolute Gasteiger partial charge is 0.352 e. The van der Waals surface area contributed by atoms with Crippen LogP contribution >= 0.6 is 0 Å². The van der Waals surface area contributed by atoms with E-state index in [4.69, 9.17) is 0 Å². The molecule has 7 nitrogen and oxygen atoms in total. The molecule has 0 aromatic heterocycles. The summed E-state index contributed by atoms with van der Waals surface area (Å²) in [6, 6.07) is 11.3. The van der Waals surface area contributed by atoms with Gasteiger partial charge in [-0.3, -0.25) is 14.3 Å². The Kier molecular flexibility index (Phi) is 6.80. The number of hydrogen-bond donors (Lipinski definition) is 3. The Morgan fingerprint density at radius 1 is 1.04 bits per heavy atom. The number of amides is 2. The van der Waals surface area contributed by atoms with Gasteiger partial charge in [0.25, 0.3) is 15.9 Å². The van der Waals surface area contributed by atoms with Crippen LogP contribution in [-0.2, 0) is 14.8 Å². The fourth-order valence-corrected chi connectivity index (χ4v) is 3.95. The van der Waals surface area contributed by atoms with Gasteiger partial charge in [-0.25, -0.2) is 8.42 Å². The lowest BCUT2D eigenvalue weighted by Crippen LogP contribution is -2.39. The lowest BCUT2D eigenvalue weighted by Gasteiger charge is -2.12. The monoisotopic (exact) mass is 403 g/mol. The van der Waals surface area contributed by atoms with Crippen molar-refractivity contribution < 1.29 is 18.0 Å². The van der Waals surface area contributed by atoms with E-state index in [9.17, 15) is 18.0 Å². The highest BCUT2D eigenvalue weighted by atomic mass is 32.2. The molecule has 0 unspecified atom stereocenters. The summed E-state index contributed by atoms with van der Waals surface area (Å²) in [6.07, 6.45) is 0. The molecule has 0 bridgehead atoms. The van der Waals surface area contributed by atoms with Gasteiger partial charge in [0.2, 0.25) is 5.91 Å². The van der Waals surface area contributed by atoms with Crippen LogP contribution in [0.25, 0.3) is 0 Å². The molecule has 0 saturated heterocycles. The summed E-state index contributed by atoms with van der Waals surface area (Å²) in [5, 5.41) is 5.19. The normalized spacial score (nSPS) is 11.2. The fraction of sp³-hybridized carbons (Fsp3) is 0.300. The van der Waals surface area contributed by atoms with Crippen LogP contribution in [0.2, 0.25) is 0 Å². The number of benzene rings is 2. The second-order valence-electron chi connectivity index (χ2n) is 6.86. The van der Waals surface area contributed by atoms with E-state index in [-0.39, 0.29) is 34.6 Å². The van der Waals surface area contributed by atoms with E-state index < -0.39 is 15.9 Å². The third kappa shape index (κ3) is 5.82. The highest BCUT2D eigenvalue weighted by Gasteiger charge is 2.18. The van der Waals surface area contributed by atoms with Gasteiger partial charge < -0.3 is 10.6 Å². The van der Waals surface area contributed by atoms with Crippen LogP contribution in [0.1, 0.15) is 35.3 Å². The molecule has 0 aliphatic heterocycles. The van der Waals surface area contributed by atoms with Crippen LogP contribution in [0.15, 0.2) is 47.4 Å². The third-order valence-corrected chi connectivity index (χ3v) is 5.39. The molecule has 0 aliphatic carbocycles. The first-order valence-electron chi connectivity index (χ1n) is 8.86. The van der Waals surface area contributed by atoms with Gasteiger partial charge in [-0.05, 0) is 63.1 Å². The van der Waals surface area contributed by atoms with E-state index in [1.54, 1.807) is 37.3 Å². The molecule has 0 saturated carbocycles. The Bertz CT molecular complexity index is 985. The first-order chi connectivity index (χ1) is 13.1. The maximum Gasteiger partial charge on any atom is 0.262 e. The summed E-state index contributed by atoms with van der Waals surface area (Å²) in [6.45, 7) is 7.03. The van der Waals surface area contributed by atoms with Gasteiger partial charge in [-0.2, -0.15) is 0 Å². The van der Waals surface area contributed by atoms with Crippen molar-refractivity contribution >= 4 is 27.5 Å². The summed E-state index contributed by atoms with van der Waals surface area (Å²) in [5.74, 6) is -0.762. The number of carbonyl (C=O) groups excluding carboxylic acids is 2. The summed E-state index contributed by atoms with van der Waals surface area (Å²) in [4.78, 5) is 24.1. The topological polar surface area (TPSA) is 104 Å². The zero-order chi connectivity index (χ0) is 20.9. The van der Waals surface area contributed by atoms with Gasteiger partial charge >= 0.3 is 0 Å². The number of aryl methyl sites for hydroxylation is 2. The zero-order valence-electron chi connectivity index (χ0n) is 16.4. The van der Waals surface area contributed by atoms with E-state index in [1.807, 2.05) is 26.8 Å². The summed E-state index contributed by atoms with van der Waals surface area (Å²) in [5.41, 5.74) is 1.97. The van der Waals surface area contributed by atoms with Crippen molar-refractivity contribution in [1.82, 2.24) is 10.6 Å². The van der Waals surface area contributed by atoms with Crippen molar-refractivity contribution in [2.75, 3.05) is 11.3 Å². The Morgan fingerprint density at radius 2 is 1.75 bits per heavy atom. The van der Waals surface area contributed by atoms with Crippen LogP contribution in [0.3, 0.4) is 0 Å². The predicted octanol–water partition coefficient (Wildman–Crippen LogP) is 2.36. The van der Waals surface area contributed by atoms with Crippen LogP contribution < -0.4 is 15.4 Å². The average Bonchev–Trinajstić information content (AvgIpc) is 2.61. The zero-order valence-corrected chi connectivity index (χ0v) is 17.2. The number of hydrogen-bond acceptors (Lipinski definition) is 4. The number of nitrogens with one attached hydrogen (secondary N) is 3. The summed E-state index contributed by atoms with van der Waals surface area (Å²) >= 11 is 0. The Hall–Kier alpha value is -2.87. The van der Waals surface area contributed by atoms with E-state index in [1.165, 1.54) is 6.07 Å². The van der Waals surface area contributed by atoms with Gasteiger partial charge in [0.15, 0.2) is 0 Å². The Morgan fingerprint density at radius 3 is 2.43 bits per heavy atom. The quantitative estimate of drug-likeness (QED) is 0.660. The van der Waals surface area contributed by atoms with E-state index in [0.717, 1.165) is 5.56 Å². The molecular weight excluding hydrogens is 378 g/mol. The van der Waals surface area contributed by atoms with Crippen molar-refractivity contribution in [3.63, 3.8) is 0 Å². The van der Waals surface area contributed by atoms with Crippen molar-refractivity contribution in [2.24, 2.45) is 0 Å². The number of rotatable bonds is 7. The molecule has 0 spiro atoms. The maximum absolute atomic E-state index is 12.7. The minimum Gasteiger partial charge on any atom is -0.352 e. The molecule has 2 aromatic rings. The van der Waals surface area contributed by atoms with E-state index >= 15 is 0 Å². The first kappa shape index (κ1) is 21.4. The number of carbonyl (C=O) groups is 2. The van der Waals surface area contributed by atoms with Crippen molar-refractivity contribution in [3.05, 3.63) is 59.2 Å². The van der Waals surface area contributed by atoms with Crippen LogP contribution in [-0.4, -0.2) is 32.8 Å². The molecule has 0 radical (unpaired) electrons. The van der Waals surface area contributed by atoms with Gasteiger partial charge in [0.05, 0.1) is 11.4 Å². The van der Waals surface area contributed by atoms with Crippen molar-refractivity contribution in [3.8, 4) is 0 Å². The molecule has 0 atom stereocenters. The predicted molar refractivity (Wildman–Crippen MR) is 109 cm³/mol. The maximum atomic E-state index is 12.7. The number of anilines is 1. The van der Waals surface area contributed by atoms with Crippen LogP contribution in [0.4, 0.5) is 5.69 Å². The third-order valence-electron chi connectivity index (χ3n) is 3.87. The second kappa shape index (κ2) is 8.88. The molecule has 0 aliphatic rings. The highest BCUT2D eigenvalue weighted by molar-refractivity contribution is 7.92. The second-order valence-corrected chi connectivity index (χ2v) is 8.51. The number of sulfonamides is 1. The highest BCUT2D eigenvalue weighted by Crippen LogP contribution is 2.21. The molecular formula is C20H25N3O4S. The van der Waals surface area contributed by atoms with E-state index in [0.29, 0.717) is 5.56 Å². The van der Waals surface area contributed by atoms with Crippen LogP contribution in [0, 0.1) is 13.8 Å². The first-order valence-corrected chi connectivity index (χ1v) is 10.3. The molecule has 2 rings (SSSR count). The minimum atomic E-state index is -3.79. The standard InChI is InChI=1S/C20H25N3O4S/c1-13(2)22-19(24)12-21-20(25)16-6-5-7-17(11-16)23-28(26,27)18-10-14(3)8-9-15(18)4/h5-11,13,23H,12H2,1-4H3,(H,21,25)(H,22,24). The van der Waals surface area contributed by atoms with Crippen molar-refractivity contribution in [1.29, 1.82) is 0 Å². The smallest absolute Gasteiger partial charge is 0.262 e. The van der Waals surface area contributed by atoms with Crippen LogP contribution in [0.5, 0.6) is 0 Å². The van der Waals surface area contributed by atoms with Gasteiger partial charge in [-0.1, -0.05) is 18.2 Å². The van der Waals surface area contributed by atoms with Gasteiger partial charge in [-0.15, -0.1) is 0 Å². The summed E-state index contributed by atoms with van der Waals surface area (Å²) < 4.78 is 27.9. The molecule has 8 heteroatoms. The van der Waals surface area contributed by atoms with Gasteiger partial charge in [0.1, 0.15) is 0 Å². The lowest BCUT2D eigenvalue weighted by molar-refractivity contribution is -0.120. The SMILES string of the molecule is Cc1ccc(C)c(S(=O)(=O)Nc2cccc(C(=O)NCC(=O)NC(C)C)c2)c1. The molecule has 150 valence electrons. The molecule has 2 aromatic carbocycles. The van der Waals surface area contributed by atoms with Crippen molar-refractivity contribution in [2.45, 2.75) is 38.6 Å². The molecule has 0 heterocycles. The molecule has 0 fully saturated rings. The minimum absolute atomic E-state index is 0.0211. The lowest BCUT2D eigenvalue weighted by atomic mass is 10.2. The van der Waals surface area contributed by atoms with Gasteiger partial charge in [0, 0.05) is 17.3 Å². The average molecular weight is 404 g/mol. The molecule has 3 N–H and O–H groups in total. The summed E-state index contributed by atoms with van der Waals surface area (Å²) in [7, 11) is -3.79. The molecule has 28 heavy (non-hydrogen) atoms. The van der Waals surface area contributed by atoms with E-state index in [2.05, 4.69) is 15.4 Å². The molecule has 2 amide bonds. The fourth-order valence-electron chi connectivity index (χ4n) is 2.57. The Labute approximate surface area is 165 Å². The Balaban J connectivity index is 2.13.